The highest BCUT2D eigenvalue weighted by Crippen LogP contribution is 2.35. The van der Waals surface area contributed by atoms with Crippen LogP contribution in [0.25, 0.3) is 0 Å². The second-order valence-corrected chi connectivity index (χ2v) is 4.09. The van der Waals surface area contributed by atoms with E-state index in [4.69, 9.17) is 5.11 Å². The molecule has 2 aliphatic heterocycles. The summed E-state index contributed by atoms with van der Waals surface area (Å²) in [6.45, 7) is 0. The number of thioether (sulfide) groups is 1. The molecule has 1 amide bonds. The van der Waals surface area contributed by atoms with Crippen molar-refractivity contribution < 1.29 is 19.5 Å². The molecule has 0 spiro atoms. The quantitative estimate of drug-likeness (QED) is 0.651. The molecular formula is C9H7NO4S. The number of allylic oxidation sites excluding steroid dienone is 2. The summed E-state index contributed by atoms with van der Waals surface area (Å²) in [5.41, 5.74) is 0. The van der Waals surface area contributed by atoms with Gasteiger partial charge in [0.05, 0.1) is 5.03 Å². The van der Waals surface area contributed by atoms with Gasteiger partial charge in [0.1, 0.15) is 0 Å². The summed E-state index contributed by atoms with van der Waals surface area (Å²) in [6.07, 6.45) is 4.99. The van der Waals surface area contributed by atoms with Crippen molar-refractivity contribution in [1.29, 1.82) is 0 Å². The van der Waals surface area contributed by atoms with Gasteiger partial charge in [-0.1, -0.05) is 12.2 Å². The van der Waals surface area contributed by atoms with Crippen LogP contribution in [0, 0.1) is 0 Å². The molecule has 0 aliphatic carbocycles. The molecule has 15 heavy (non-hydrogen) atoms. The van der Waals surface area contributed by atoms with E-state index in [1.807, 2.05) is 0 Å². The van der Waals surface area contributed by atoms with Crippen molar-refractivity contribution in [2.45, 2.75) is 12.5 Å². The standard InChI is InChI=1S/C9H7NO4S/c11-5-3-1-2-4-6-10(5)7(8(12)13)9(14)15-6/h1-2,4,7H,3H2,(H,12,13)/t7-/m0/s1. The van der Waals surface area contributed by atoms with Gasteiger partial charge in [0, 0.05) is 6.42 Å². The van der Waals surface area contributed by atoms with Gasteiger partial charge >= 0.3 is 5.97 Å². The fraction of sp³-hybridized carbons (Fsp3) is 0.222. The number of hydrogen-bond donors (Lipinski definition) is 1. The highest BCUT2D eigenvalue weighted by atomic mass is 32.2. The molecule has 1 fully saturated rings. The Morgan fingerprint density at radius 1 is 1.53 bits per heavy atom. The molecule has 5 nitrogen and oxygen atoms in total. The first-order valence-electron chi connectivity index (χ1n) is 4.24. The van der Waals surface area contributed by atoms with Gasteiger partial charge in [-0.2, -0.15) is 0 Å². The minimum atomic E-state index is -1.37. The molecule has 1 atom stereocenters. The van der Waals surface area contributed by atoms with E-state index in [0.717, 1.165) is 16.7 Å². The second-order valence-electron chi connectivity index (χ2n) is 3.06. The molecule has 0 bridgehead atoms. The molecule has 1 N–H and O–H groups in total. The van der Waals surface area contributed by atoms with Crippen LogP contribution in [0.4, 0.5) is 0 Å². The molecule has 0 saturated carbocycles. The number of amides is 1. The molecule has 78 valence electrons. The predicted octanol–water partition coefficient (Wildman–Crippen LogP) is 0.343. The number of rotatable bonds is 1. The lowest BCUT2D eigenvalue weighted by Gasteiger charge is -2.18. The molecule has 6 heteroatoms. The van der Waals surface area contributed by atoms with Crippen LogP contribution in [0.5, 0.6) is 0 Å². The number of hydrogen-bond acceptors (Lipinski definition) is 4. The Morgan fingerprint density at radius 2 is 2.27 bits per heavy atom. The molecule has 2 heterocycles. The van der Waals surface area contributed by atoms with Gasteiger partial charge in [-0.3, -0.25) is 14.5 Å². The molecule has 2 rings (SSSR count). The number of nitrogens with zero attached hydrogens (tertiary/aromatic N) is 1. The van der Waals surface area contributed by atoms with Crippen molar-refractivity contribution in [3.63, 3.8) is 0 Å². The lowest BCUT2D eigenvalue weighted by atomic mass is 10.2. The van der Waals surface area contributed by atoms with Crippen LogP contribution in [0.15, 0.2) is 23.3 Å². The monoisotopic (exact) mass is 225 g/mol. The molecule has 0 unspecified atom stereocenters. The Labute approximate surface area is 89.4 Å². The van der Waals surface area contributed by atoms with E-state index in [-0.39, 0.29) is 12.3 Å². The number of aliphatic carboxylic acids is 1. The van der Waals surface area contributed by atoms with Crippen LogP contribution in [-0.2, 0) is 14.4 Å². The zero-order valence-corrected chi connectivity index (χ0v) is 8.36. The zero-order chi connectivity index (χ0) is 11.0. The van der Waals surface area contributed by atoms with Crippen molar-refractivity contribution >= 4 is 28.8 Å². The van der Waals surface area contributed by atoms with E-state index in [9.17, 15) is 14.4 Å². The molecule has 0 radical (unpaired) electrons. The van der Waals surface area contributed by atoms with E-state index in [1.165, 1.54) is 0 Å². The van der Waals surface area contributed by atoms with Crippen molar-refractivity contribution in [3.05, 3.63) is 23.3 Å². The summed E-state index contributed by atoms with van der Waals surface area (Å²) in [6, 6.07) is -1.37. The average molecular weight is 225 g/mol. The topological polar surface area (TPSA) is 74.7 Å². The number of carbonyl (C=O) groups is 3. The average Bonchev–Trinajstić information content (AvgIpc) is 2.40. The summed E-state index contributed by atoms with van der Waals surface area (Å²) >= 11 is 0.798. The van der Waals surface area contributed by atoms with Crippen molar-refractivity contribution in [3.8, 4) is 0 Å². The highest BCUT2D eigenvalue weighted by Gasteiger charge is 2.45. The predicted molar refractivity (Wildman–Crippen MR) is 52.7 cm³/mol. The first-order chi connectivity index (χ1) is 7.11. The molecule has 0 aromatic rings. The normalized spacial score (nSPS) is 24.9. The summed E-state index contributed by atoms with van der Waals surface area (Å²) in [5.74, 6) is -1.65. The molecule has 0 aromatic carbocycles. The van der Waals surface area contributed by atoms with Crippen molar-refractivity contribution in [2.75, 3.05) is 0 Å². The maximum atomic E-state index is 11.6. The maximum absolute atomic E-state index is 11.6. The van der Waals surface area contributed by atoms with E-state index in [2.05, 4.69) is 0 Å². The minimum Gasteiger partial charge on any atom is -0.479 e. The first-order valence-corrected chi connectivity index (χ1v) is 5.06. The molecule has 1 saturated heterocycles. The van der Waals surface area contributed by atoms with Crippen LogP contribution in [0.2, 0.25) is 0 Å². The summed E-state index contributed by atoms with van der Waals surface area (Å²) in [4.78, 5) is 34.8. The zero-order valence-electron chi connectivity index (χ0n) is 7.54. The number of fused-ring (bicyclic) bond motifs is 1. The van der Waals surface area contributed by atoms with Gasteiger partial charge in [0.15, 0.2) is 0 Å². The largest absolute Gasteiger partial charge is 0.479 e. The number of carboxylic acid groups (broad SMARTS) is 1. The lowest BCUT2D eigenvalue weighted by Crippen LogP contribution is -2.42. The smallest absolute Gasteiger partial charge is 0.335 e. The van der Waals surface area contributed by atoms with Crippen LogP contribution in [0.3, 0.4) is 0 Å². The number of carboxylic acids is 1. The highest BCUT2D eigenvalue weighted by molar-refractivity contribution is 8.17. The van der Waals surface area contributed by atoms with E-state index in [0.29, 0.717) is 5.03 Å². The van der Waals surface area contributed by atoms with E-state index < -0.39 is 17.1 Å². The lowest BCUT2D eigenvalue weighted by molar-refractivity contribution is -0.149. The molecule has 2 aliphatic rings. The Hall–Kier alpha value is -1.56. The first kappa shape index (κ1) is 9.97. The van der Waals surface area contributed by atoms with E-state index >= 15 is 0 Å². The Balaban J connectivity index is 2.42. The van der Waals surface area contributed by atoms with Gasteiger partial charge < -0.3 is 5.11 Å². The molecular weight excluding hydrogens is 218 g/mol. The van der Waals surface area contributed by atoms with Crippen LogP contribution in [-0.4, -0.2) is 33.0 Å². The van der Waals surface area contributed by atoms with Crippen molar-refractivity contribution in [2.24, 2.45) is 0 Å². The van der Waals surface area contributed by atoms with Crippen LogP contribution in [0.1, 0.15) is 6.42 Å². The fourth-order valence-electron chi connectivity index (χ4n) is 1.45. The maximum Gasteiger partial charge on any atom is 0.335 e. The minimum absolute atomic E-state index is 0.123. The summed E-state index contributed by atoms with van der Waals surface area (Å²) < 4.78 is 0. The summed E-state index contributed by atoms with van der Waals surface area (Å²) in [5, 5.41) is 8.73. The SMILES string of the molecule is O=C(O)[C@H]1C(=O)SC2=CC=CCC(=O)N21. The van der Waals surface area contributed by atoms with Gasteiger partial charge in [0.25, 0.3) is 0 Å². The van der Waals surface area contributed by atoms with Gasteiger partial charge in [-0.25, -0.2) is 4.79 Å². The number of carbonyl (C=O) groups excluding carboxylic acids is 2. The Kier molecular flexibility index (Phi) is 2.36. The van der Waals surface area contributed by atoms with Crippen LogP contribution < -0.4 is 0 Å². The second kappa shape index (κ2) is 3.54. The van der Waals surface area contributed by atoms with Gasteiger partial charge in [0.2, 0.25) is 17.1 Å². The third-order valence-corrected chi connectivity index (χ3v) is 3.06. The Bertz CT molecular complexity index is 412. The Morgan fingerprint density at radius 3 is 2.93 bits per heavy atom. The van der Waals surface area contributed by atoms with Gasteiger partial charge in [-0.15, -0.1) is 0 Å². The third-order valence-electron chi connectivity index (χ3n) is 2.09. The van der Waals surface area contributed by atoms with Crippen molar-refractivity contribution in [1.82, 2.24) is 4.90 Å². The van der Waals surface area contributed by atoms with Crippen LogP contribution >= 0.6 is 11.8 Å². The fourth-order valence-corrected chi connectivity index (χ4v) is 2.43. The third kappa shape index (κ3) is 1.56. The van der Waals surface area contributed by atoms with Gasteiger partial charge in [-0.05, 0) is 17.8 Å². The molecule has 0 aromatic heterocycles. The van der Waals surface area contributed by atoms with E-state index in [1.54, 1.807) is 18.2 Å². The summed E-state index contributed by atoms with van der Waals surface area (Å²) in [7, 11) is 0.